The van der Waals surface area contributed by atoms with Crippen molar-refractivity contribution in [1.82, 2.24) is 5.32 Å². The van der Waals surface area contributed by atoms with Gasteiger partial charge in [0.25, 0.3) is 0 Å². The summed E-state index contributed by atoms with van der Waals surface area (Å²) in [5, 5.41) is 3.31. The van der Waals surface area contributed by atoms with E-state index < -0.39 is 0 Å². The van der Waals surface area contributed by atoms with E-state index in [0.717, 1.165) is 41.9 Å². The highest BCUT2D eigenvalue weighted by Crippen LogP contribution is 2.67. The molecule has 184 valence electrons. The van der Waals surface area contributed by atoms with Gasteiger partial charge in [-0.25, -0.2) is 0 Å². The molecule has 3 aliphatic carbocycles. The lowest BCUT2D eigenvalue weighted by molar-refractivity contribution is -0.126. The van der Waals surface area contributed by atoms with Gasteiger partial charge in [0.05, 0.1) is 0 Å². The molecule has 1 aliphatic heterocycles. The van der Waals surface area contributed by atoms with E-state index in [9.17, 15) is 4.79 Å². The Labute approximate surface area is 199 Å². The zero-order valence-corrected chi connectivity index (χ0v) is 22.6. The largest absolute Gasteiger partial charge is 0.330 e. The molecule has 1 amide bonds. The van der Waals surface area contributed by atoms with Gasteiger partial charge in [-0.3, -0.25) is 4.79 Å². The maximum Gasteiger partial charge on any atom is 0.224 e. The molecular formula is C30H53NO. The van der Waals surface area contributed by atoms with Gasteiger partial charge in [0.2, 0.25) is 5.91 Å². The minimum Gasteiger partial charge on any atom is -0.330 e. The summed E-state index contributed by atoms with van der Waals surface area (Å²) >= 11 is 0. The van der Waals surface area contributed by atoms with Gasteiger partial charge in [-0.2, -0.15) is 0 Å². The predicted octanol–water partition coefficient (Wildman–Crippen LogP) is 8.37. The summed E-state index contributed by atoms with van der Waals surface area (Å²) in [5.41, 5.74) is 2.02. The lowest BCUT2D eigenvalue weighted by atomic mass is 9.46. The molecule has 0 aromatic rings. The number of hydrogen-bond donors (Lipinski definition) is 1. The van der Waals surface area contributed by atoms with Gasteiger partial charge in [0.1, 0.15) is 0 Å². The summed E-state index contributed by atoms with van der Waals surface area (Å²) in [5.74, 6) is 5.98. The Balaban J connectivity index is 0.00000141. The lowest BCUT2D eigenvalue weighted by Gasteiger charge is -2.59. The monoisotopic (exact) mass is 443 g/mol. The van der Waals surface area contributed by atoms with Crippen LogP contribution in [0, 0.1) is 52.3 Å². The van der Waals surface area contributed by atoms with Crippen molar-refractivity contribution >= 4 is 5.91 Å². The third-order valence-corrected chi connectivity index (χ3v) is 10.5. The molecule has 3 fully saturated rings. The van der Waals surface area contributed by atoms with E-state index in [-0.39, 0.29) is 11.3 Å². The summed E-state index contributed by atoms with van der Waals surface area (Å²) in [6.45, 7) is 18.8. The Morgan fingerprint density at radius 2 is 1.75 bits per heavy atom. The molecule has 32 heavy (non-hydrogen) atoms. The van der Waals surface area contributed by atoms with E-state index >= 15 is 0 Å². The van der Waals surface area contributed by atoms with Crippen LogP contribution in [0.5, 0.6) is 0 Å². The van der Waals surface area contributed by atoms with Gasteiger partial charge in [0.15, 0.2) is 0 Å². The summed E-state index contributed by atoms with van der Waals surface area (Å²) in [6.07, 6.45) is 15.4. The average molecular weight is 444 g/mol. The SMILES string of the molecule is CC.CCC1C=C2NC(=O)CCC2(C)C2CC[C@]3(C)C(C(C)CCCC(C)C)CCC3C12. The molecule has 0 radical (unpaired) electrons. The van der Waals surface area contributed by atoms with E-state index in [4.69, 9.17) is 0 Å². The second-order valence-corrected chi connectivity index (χ2v) is 12.4. The first-order valence-corrected chi connectivity index (χ1v) is 14.2. The molecule has 0 aromatic carbocycles. The number of carbonyl (C=O) groups is 1. The minimum atomic E-state index is 0.201. The first kappa shape index (κ1) is 25.8. The Bertz CT molecular complexity index is 680. The molecule has 2 nitrogen and oxygen atoms in total. The highest BCUT2D eigenvalue weighted by molar-refractivity contribution is 5.79. The molecule has 0 bridgehead atoms. The molecule has 4 aliphatic rings. The molecule has 0 spiro atoms. The zero-order valence-electron chi connectivity index (χ0n) is 22.6. The highest BCUT2D eigenvalue weighted by atomic mass is 16.1. The molecule has 1 N–H and O–H groups in total. The van der Waals surface area contributed by atoms with Crippen LogP contribution < -0.4 is 5.32 Å². The number of carbonyl (C=O) groups excluding carboxylic acids is 1. The Kier molecular flexibility index (Phi) is 8.25. The van der Waals surface area contributed by atoms with Crippen molar-refractivity contribution in [3.8, 4) is 0 Å². The van der Waals surface area contributed by atoms with E-state index in [1.807, 2.05) is 13.8 Å². The van der Waals surface area contributed by atoms with Crippen molar-refractivity contribution in [2.75, 3.05) is 0 Å². The van der Waals surface area contributed by atoms with Crippen LogP contribution in [0.4, 0.5) is 0 Å². The van der Waals surface area contributed by atoms with Gasteiger partial charge < -0.3 is 5.32 Å². The van der Waals surface area contributed by atoms with Gasteiger partial charge in [-0.15, -0.1) is 0 Å². The van der Waals surface area contributed by atoms with Crippen molar-refractivity contribution in [2.24, 2.45) is 52.3 Å². The standard InChI is InChI=1S/C28H47NO.C2H6/c1-7-20-17-24-28(6,16-14-25(30)29-24)23-13-15-27(5)21(11-12-22(27)26(20)23)19(4)10-8-9-18(2)3;1-2/h17-23,26H,7-16H2,1-6H3,(H,29,30);1-2H3/t19?,20?,21?,22?,23?,26?,27-,28?;/m1./s1. The fourth-order valence-electron chi connectivity index (χ4n) is 8.76. The summed E-state index contributed by atoms with van der Waals surface area (Å²) in [7, 11) is 0. The summed E-state index contributed by atoms with van der Waals surface area (Å²) in [6, 6.07) is 0. The summed E-state index contributed by atoms with van der Waals surface area (Å²) in [4.78, 5) is 12.1. The number of fused-ring (bicyclic) bond motifs is 5. The Morgan fingerprint density at radius 1 is 1.03 bits per heavy atom. The molecule has 7 unspecified atom stereocenters. The maximum atomic E-state index is 12.1. The van der Waals surface area contributed by atoms with Crippen LogP contribution in [0.15, 0.2) is 11.8 Å². The van der Waals surface area contributed by atoms with Gasteiger partial charge in [-0.05, 0) is 85.4 Å². The molecule has 1 saturated heterocycles. The van der Waals surface area contributed by atoms with Crippen molar-refractivity contribution in [2.45, 2.75) is 120 Å². The molecule has 2 heteroatoms. The Hall–Kier alpha value is -0.790. The quantitative estimate of drug-likeness (QED) is 0.439. The maximum absolute atomic E-state index is 12.1. The van der Waals surface area contributed by atoms with Crippen LogP contribution in [0.1, 0.15) is 120 Å². The van der Waals surface area contributed by atoms with Gasteiger partial charge >= 0.3 is 0 Å². The molecule has 1 heterocycles. The first-order chi connectivity index (χ1) is 15.2. The second-order valence-electron chi connectivity index (χ2n) is 12.4. The second kappa shape index (κ2) is 10.2. The molecule has 0 aromatic heterocycles. The first-order valence-electron chi connectivity index (χ1n) is 14.2. The van der Waals surface area contributed by atoms with E-state index in [1.165, 1.54) is 57.1 Å². The topological polar surface area (TPSA) is 29.1 Å². The predicted molar refractivity (Wildman–Crippen MR) is 137 cm³/mol. The fourth-order valence-corrected chi connectivity index (χ4v) is 8.76. The van der Waals surface area contributed by atoms with Crippen LogP contribution in [0.3, 0.4) is 0 Å². The minimum absolute atomic E-state index is 0.201. The van der Waals surface area contributed by atoms with E-state index in [1.54, 1.807) is 0 Å². The van der Waals surface area contributed by atoms with Crippen molar-refractivity contribution in [1.29, 1.82) is 0 Å². The van der Waals surface area contributed by atoms with Gasteiger partial charge in [0, 0.05) is 17.5 Å². The number of amides is 1. The fraction of sp³-hybridized carbons (Fsp3) is 0.900. The normalized spacial score (nSPS) is 41.5. The lowest BCUT2D eigenvalue weighted by Crippen LogP contribution is -2.55. The van der Waals surface area contributed by atoms with Crippen LogP contribution in [0.2, 0.25) is 0 Å². The van der Waals surface area contributed by atoms with Crippen LogP contribution in [0.25, 0.3) is 0 Å². The van der Waals surface area contributed by atoms with E-state index in [0.29, 0.717) is 17.8 Å². The third-order valence-electron chi connectivity index (χ3n) is 10.5. The number of hydrogen-bond acceptors (Lipinski definition) is 1. The van der Waals surface area contributed by atoms with Crippen molar-refractivity contribution < 1.29 is 4.79 Å². The number of allylic oxidation sites excluding steroid dienone is 2. The van der Waals surface area contributed by atoms with E-state index in [2.05, 4.69) is 52.9 Å². The van der Waals surface area contributed by atoms with Crippen LogP contribution in [-0.2, 0) is 4.79 Å². The van der Waals surface area contributed by atoms with Crippen LogP contribution >= 0.6 is 0 Å². The average Bonchev–Trinajstić information content (AvgIpc) is 3.12. The zero-order chi connectivity index (χ0) is 23.7. The number of rotatable bonds is 6. The molecule has 2 saturated carbocycles. The summed E-state index contributed by atoms with van der Waals surface area (Å²) < 4.78 is 0. The van der Waals surface area contributed by atoms with Crippen molar-refractivity contribution in [3.63, 3.8) is 0 Å². The smallest absolute Gasteiger partial charge is 0.224 e. The molecule has 4 rings (SSSR count). The number of piperidine rings is 1. The van der Waals surface area contributed by atoms with Gasteiger partial charge in [-0.1, -0.05) is 80.7 Å². The Morgan fingerprint density at radius 3 is 2.41 bits per heavy atom. The third kappa shape index (κ3) is 4.46. The molecule has 8 atom stereocenters. The molecular weight excluding hydrogens is 390 g/mol. The number of nitrogens with one attached hydrogen (secondary N) is 1. The van der Waals surface area contributed by atoms with Crippen LogP contribution in [-0.4, -0.2) is 5.91 Å². The van der Waals surface area contributed by atoms with Crippen molar-refractivity contribution in [3.05, 3.63) is 11.8 Å². The highest BCUT2D eigenvalue weighted by Gasteiger charge is 2.61.